The third-order valence-corrected chi connectivity index (χ3v) is 4.78. The van der Waals surface area contributed by atoms with E-state index in [0.29, 0.717) is 5.56 Å². The van der Waals surface area contributed by atoms with Gasteiger partial charge in [0.05, 0.1) is 11.1 Å². The molecular formula is C19H21N3O3. The lowest BCUT2D eigenvalue weighted by atomic mass is 9.72. The van der Waals surface area contributed by atoms with Crippen LogP contribution >= 0.6 is 0 Å². The molecule has 1 N–H and O–H groups in total. The van der Waals surface area contributed by atoms with Crippen LogP contribution in [-0.2, 0) is 24.4 Å². The van der Waals surface area contributed by atoms with Gasteiger partial charge < -0.3 is 9.88 Å². The van der Waals surface area contributed by atoms with Gasteiger partial charge >= 0.3 is 5.69 Å². The van der Waals surface area contributed by atoms with E-state index in [2.05, 4.69) is 5.32 Å². The number of benzene rings is 1. The maximum atomic E-state index is 12.4. The van der Waals surface area contributed by atoms with Gasteiger partial charge in [-0.25, -0.2) is 4.79 Å². The van der Waals surface area contributed by atoms with E-state index in [9.17, 15) is 14.4 Å². The first-order chi connectivity index (χ1) is 11.9. The summed E-state index contributed by atoms with van der Waals surface area (Å²) in [4.78, 5) is 36.2. The van der Waals surface area contributed by atoms with Gasteiger partial charge in [0, 0.05) is 26.4 Å². The van der Waals surface area contributed by atoms with Crippen LogP contribution in [0.3, 0.4) is 0 Å². The molecule has 1 aromatic carbocycles. The summed E-state index contributed by atoms with van der Waals surface area (Å²) in [6, 6.07) is 9.92. The van der Waals surface area contributed by atoms with Crippen molar-refractivity contribution < 1.29 is 4.79 Å². The number of nitrogens with one attached hydrogen (secondary N) is 1. The Hall–Kier alpha value is -2.89. The van der Waals surface area contributed by atoms with E-state index in [-0.39, 0.29) is 11.4 Å². The van der Waals surface area contributed by atoms with E-state index in [1.165, 1.54) is 30.0 Å². The Morgan fingerprint density at radius 3 is 2.44 bits per heavy atom. The molecule has 25 heavy (non-hydrogen) atoms. The van der Waals surface area contributed by atoms with Crippen molar-refractivity contribution in [2.24, 2.45) is 14.1 Å². The molecule has 2 aromatic rings. The van der Waals surface area contributed by atoms with E-state index in [1.807, 2.05) is 30.3 Å². The van der Waals surface area contributed by atoms with Gasteiger partial charge in [0.15, 0.2) is 0 Å². The van der Waals surface area contributed by atoms with Crippen LogP contribution in [0.15, 0.2) is 52.2 Å². The van der Waals surface area contributed by atoms with Crippen LogP contribution in [0.2, 0.25) is 0 Å². The Kier molecular flexibility index (Phi) is 4.44. The zero-order chi connectivity index (χ0) is 18.0. The average molecular weight is 339 g/mol. The number of aryl methyl sites for hydroxylation is 1. The second kappa shape index (κ2) is 6.55. The van der Waals surface area contributed by atoms with E-state index in [0.717, 1.165) is 29.4 Å². The number of hydrogen-bond donors (Lipinski definition) is 1. The van der Waals surface area contributed by atoms with Gasteiger partial charge in [-0.2, -0.15) is 0 Å². The molecule has 3 rings (SSSR count). The molecule has 1 amide bonds. The van der Waals surface area contributed by atoms with Crippen LogP contribution in [0.5, 0.6) is 0 Å². The highest BCUT2D eigenvalue weighted by atomic mass is 16.2. The van der Waals surface area contributed by atoms with E-state index < -0.39 is 11.2 Å². The third kappa shape index (κ3) is 3.20. The predicted molar refractivity (Wildman–Crippen MR) is 96.1 cm³/mol. The first-order valence-corrected chi connectivity index (χ1v) is 8.25. The third-order valence-electron chi connectivity index (χ3n) is 4.78. The van der Waals surface area contributed by atoms with Crippen LogP contribution in [0.25, 0.3) is 6.08 Å². The Labute approximate surface area is 145 Å². The Morgan fingerprint density at radius 1 is 1.16 bits per heavy atom. The number of rotatable bonds is 4. The van der Waals surface area contributed by atoms with Crippen molar-refractivity contribution in [3.05, 3.63) is 74.6 Å². The summed E-state index contributed by atoms with van der Waals surface area (Å²) in [5.41, 5.74) is 0.248. The van der Waals surface area contributed by atoms with Crippen LogP contribution in [0, 0.1) is 0 Å². The van der Waals surface area contributed by atoms with Gasteiger partial charge in [-0.3, -0.25) is 14.2 Å². The zero-order valence-electron chi connectivity index (χ0n) is 14.4. The zero-order valence-corrected chi connectivity index (χ0v) is 14.4. The Balaban J connectivity index is 1.80. The van der Waals surface area contributed by atoms with Gasteiger partial charge in [0.25, 0.3) is 5.56 Å². The fraction of sp³-hybridized carbons (Fsp3) is 0.316. The summed E-state index contributed by atoms with van der Waals surface area (Å²) in [5, 5.41) is 3.07. The molecule has 1 aliphatic carbocycles. The number of aromatic nitrogens is 2. The highest BCUT2D eigenvalue weighted by Crippen LogP contribution is 2.41. The largest absolute Gasteiger partial charge is 0.343 e. The molecule has 1 fully saturated rings. The minimum atomic E-state index is -0.423. The molecule has 0 saturated heterocycles. The second-order valence-electron chi connectivity index (χ2n) is 6.47. The van der Waals surface area contributed by atoms with Crippen LogP contribution in [0.4, 0.5) is 0 Å². The van der Waals surface area contributed by atoms with Gasteiger partial charge in [0.1, 0.15) is 0 Å². The highest BCUT2D eigenvalue weighted by molar-refractivity contribution is 5.92. The molecular weight excluding hydrogens is 318 g/mol. The second-order valence-corrected chi connectivity index (χ2v) is 6.47. The van der Waals surface area contributed by atoms with Gasteiger partial charge in [-0.05, 0) is 30.9 Å². The van der Waals surface area contributed by atoms with Crippen LogP contribution in [-0.4, -0.2) is 15.0 Å². The van der Waals surface area contributed by atoms with Crippen molar-refractivity contribution in [3.8, 4) is 0 Å². The van der Waals surface area contributed by atoms with Crippen LogP contribution in [0.1, 0.15) is 30.4 Å². The summed E-state index contributed by atoms with van der Waals surface area (Å²) in [5.74, 6) is -0.251. The number of carbonyl (C=O) groups is 1. The summed E-state index contributed by atoms with van der Waals surface area (Å²) in [6.07, 6.45) is 7.11. The topological polar surface area (TPSA) is 73.1 Å². The molecule has 1 aliphatic rings. The van der Waals surface area contributed by atoms with Gasteiger partial charge in [-0.15, -0.1) is 0 Å². The molecule has 0 radical (unpaired) electrons. The van der Waals surface area contributed by atoms with Crippen LogP contribution < -0.4 is 16.6 Å². The first-order valence-electron chi connectivity index (χ1n) is 8.25. The molecule has 0 bridgehead atoms. The normalized spacial score (nSPS) is 15.8. The predicted octanol–water partition coefficient (Wildman–Crippen LogP) is 1.29. The van der Waals surface area contributed by atoms with E-state index >= 15 is 0 Å². The van der Waals surface area contributed by atoms with E-state index in [1.54, 1.807) is 7.05 Å². The van der Waals surface area contributed by atoms with Crippen molar-refractivity contribution in [2.75, 3.05) is 0 Å². The standard InChI is InChI=1S/C19H21N3O3/c1-21-13-14(17(24)22(2)18(21)25)9-10-16(23)20-19(11-6-12-19)15-7-4-3-5-8-15/h3-5,7-10,13H,6,11-12H2,1-2H3,(H,20,23)/b10-9+. The molecule has 0 atom stereocenters. The van der Waals surface area contributed by atoms with Crippen molar-refractivity contribution in [1.82, 2.24) is 14.5 Å². The lowest BCUT2D eigenvalue weighted by Gasteiger charge is -2.42. The molecule has 6 heteroatoms. The quantitative estimate of drug-likeness (QED) is 0.853. The molecule has 0 spiro atoms. The summed E-state index contributed by atoms with van der Waals surface area (Å²) >= 11 is 0. The number of hydrogen-bond acceptors (Lipinski definition) is 3. The molecule has 1 saturated carbocycles. The molecule has 0 unspecified atom stereocenters. The SMILES string of the molecule is Cn1cc(/C=C/C(=O)NC2(c3ccccc3)CCC2)c(=O)n(C)c1=O. The number of carbonyl (C=O) groups excluding carboxylic acids is 1. The average Bonchev–Trinajstić information content (AvgIpc) is 2.59. The lowest BCUT2D eigenvalue weighted by molar-refractivity contribution is -0.119. The fourth-order valence-corrected chi connectivity index (χ4v) is 3.17. The summed E-state index contributed by atoms with van der Waals surface area (Å²) < 4.78 is 2.34. The minimum Gasteiger partial charge on any atom is -0.343 e. The minimum absolute atomic E-state index is 0.251. The molecule has 130 valence electrons. The smallest absolute Gasteiger partial charge is 0.330 e. The number of nitrogens with zero attached hydrogens (tertiary/aromatic N) is 2. The van der Waals surface area contributed by atoms with Crippen molar-refractivity contribution >= 4 is 12.0 Å². The molecule has 1 heterocycles. The van der Waals surface area contributed by atoms with E-state index in [4.69, 9.17) is 0 Å². The molecule has 1 aromatic heterocycles. The first kappa shape index (κ1) is 17.0. The van der Waals surface area contributed by atoms with Gasteiger partial charge in [-0.1, -0.05) is 30.3 Å². The van der Waals surface area contributed by atoms with Crippen molar-refractivity contribution in [3.63, 3.8) is 0 Å². The lowest BCUT2D eigenvalue weighted by Crippen LogP contribution is -2.50. The number of amides is 1. The molecule has 0 aliphatic heterocycles. The van der Waals surface area contributed by atoms with Crippen molar-refractivity contribution in [1.29, 1.82) is 0 Å². The molecule has 6 nitrogen and oxygen atoms in total. The Morgan fingerprint density at radius 2 is 1.84 bits per heavy atom. The monoisotopic (exact) mass is 339 g/mol. The summed E-state index contributed by atoms with van der Waals surface area (Å²) in [7, 11) is 2.98. The maximum Gasteiger partial charge on any atom is 0.330 e. The Bertz CT molecular complexity index is 935. The highest BCUT2D eigenvalue weighted by Gasteiger charge is 2.39. The van der Waals surface area contributed by atoms with Gasteiger partial charge in [0.2, 0.25) is 5.91 Å². The maximum absolute atomic E-state index is 12.4. The fourth-order valence-electron chi connectivity index (χ4n) is 3.17. The summed E-state index contributed by atoms with van der Waals surface area (Å²) in [6.45, 7) is 0. The van der Waals surface area contributed by atoms with Crippen molar-refractivity contribution in [2.45, 2.75) is 24.8 Å².